The van der Waals surface area contributed by atoms with E-state index in [1.54, 1.807) is 30.3 Å². The molecule has 0 bridgehead atoms. The molecule has 5 rings (SSSR count). The van der Waals surface area contributed by atoms with Crippen LogP contribution in [0.25, 0.3) is 0 Å². The molecule has 0 saturated carbocycles. The number of nitrogens with two attached hydrogens (primary N) is 2. The van der Waals surface area contributed by atoms with E-state index in [9.17, 15) is 33.4 Å². The molecule has 0 heterocycles. The van der Waals surface area contributed by atoms with Gasteiger partial charge in [0.2, 0.25) is 0 Å². The third-order valence-electron chi connectivity index (χ3n) is 6.21. The number of hydrogen-bond donors (Lipinski definition) is 6. The Balaban J connectivity index is 0.000000243. The number of para-hydroxylation sites is 2. The molecular weight excluding hydrogens is 662 g/mol. The Morgan fingerprint density at radius 1 is 0.714 bits per heavy atom. The molecule has 8 N–H and O–H groups in total. The van der Waals surface area contributed by atoms with E-state index in [-0.39, 0.29) is 52.2 Å². The maximum atomic E-state index is 14.3. The lowest BCUT2D eigenvalue weighted by molar-refractivity contribution is 0.0510. The number of nitrogen functional groups attached to an aromatic ring is 2. The van der Waals surface area contributed by atoms with E-state index in [4.69, 9.17) is 32.5 Å². The standard InChI is InChI=1S/C20H15FN2O4.C9H9ClO3.C6H7FN2/c21-16-8-3-9-17(22-19(26)12-4-1-6-14(24)10-12)18(16)23-20(27)13-5-2-7-15(25)11-13;1-12-6-13-8-4-2-3-7(5-8)9(10)11;7-4-2-1-3-5(8)6(4)9/h1-11,24-25H,(H,22,26)(H,23,27);2-5H,6H2,1H3;1-3H,8-9H2. The van der Waals surface area contributed by atoms with Crippen LogP contribution in [-0.2, 0) is 4.74 Å². The van der Waals surface area contributed by atoms with Crippen molar-refractivity contribution in [1.82, 2.24) is 0 Å². The Bertz CT molecular complexity index is 1910. The van der Waals surface area contributed by atoms with Gasteiger partial charge in [0.25, 0.3) is 17.1 Å². The fourth-order valence-electron chi connectivity index (χ4n) is 3.82. The largest absolute Gasteiger partial charge is 0.508 e. The molecule has 0 aliphatic heterocycles. The van der Waals surface area contributed by atoms with Crippen LogP contribution in [0.5, 0.6) is 17.2 Å². The highest BCUT2D eigenvalue weighted by molar-refractivity contribution is 6.67. The van der Waals surface area contributed by atoms with E-state index < -0.39 is 28.7 Å². The van der Waals surface area contributed by atoms with Crippen molar-refractivity contribution in [3.8, 4) is 17.2 Å². The number of methoxy groups -OCH3 is 1. The number of hydrogen-bond acceptors (Lipinski definition) is 9. The summed E-state index contributed by atoms with van der Waals surface area (Å²) in [7, 11) is 1.52. The third-order valence-corrected chi connectivity index (χ3v) is 6.43. The van der Waals surface area contributed by atoms with Gasteiger partial charge < -0.3 is 41.8 Å². The molecule has 254 valence electrons. The molecule has 0 spiro atoms. The Kier molecular flexibility index (Phi) is 13.9. The van der Waals surface area contributed by atoms with Crippen LogP contribution < -0.4 is 26.8 Å². The SMILES string of the molecule is COCOc1cccc(C(=O)Cl)c1.Nc1cccc(F)c1N.O=C(Nc1cccc(F)c1NC(=O)c1cccc(O)c1)c1cccc(O)c1. The van der Waals surface area contributed by atoms with Gasteiger partial charge in [-0.1, -0.05) is 30.3 Å². The monoisotopic (exact) mass is 692 g/mol. The van der Waals surface area contributed by atoms with E-state index in [1.165, 1.54) is 79.9 Å². The molecule has 14 heteroatoms. The summed E-state index contributed by atoms with van der Waals surface area (Å²) >= 11 is 5.28. The van der Waals surface area contributed by atoms with Crippen LogP contribution >= 0.6 is 11.6 Å². The number of amides is 2. The fraction of sp³-hybridized carbons (Fsp3) is 0.0571. The Morgan fingerprint density at radius 3 is 1.80 bits per heavy atom. The average Bonchev–Trinajstić information content (AvgIpc) is 3.08. The second-order valence-corrected chi connectivity index (χ2v) is 10.1. The van der Waals surface area contributed by atoms with Gasteiger partial charge in [0.15, 0.2) is 6.79 Å². The zero-order valence-electron chi connectivity index (χ0n) is 25.8. The number of carbonyl (C=O) groups excluding carboxylic acids is 3. The molecule has 5 aromatic rings. The molecule has 5 aromatic carbocycles. The predicted molar refractivity (Wildman–Crippen MR) is 183 cm³/mol. The fourth-order valence-corrected chi connectivity index (χ4v) is 3.94. The first kappa shape index (κ1) is 37.3. The van der Waals surface area contributed by atoms with Crippen LogP contribution in [0.4, 0.5) is 31.5 Å². The zero-order valence-corrected chi connectivity index (χ0v) is 26.6. The molecule has 0 unspecified atom stereocenters. The van der Waals surface area contributed by atoms with Gasteiger partial charge in [-0.05, 0) is 90.5 Å². The molecule has 0 radical (unpaired) electrons. The van der Waals surface area contributed by atoms with Crippen LogP contribution in [0.1, 0.15) is 31.1 Å². The molecule has 0 aliphatic rings. The molecule has 11 nitrogen and oxygen atoms in total. The first-order valence-electron chi connectivity index (χ1n) is 14.1. The summed E-state index contributed by atoms with van der Waals surface area (Å²) in [6, 6.07) is 26.1. The predicted octanol–water partition coefficient (Wildman–Crippen LogP) is 6.78. The van der Waals surface area contributed by atoms with Gasteiger partial charge in [-0.15, -0.1) is 0 Å². The molecule has 49 heavy (non-hydrogen) atoms. The topological polar surface area (TPSA) is 186 Å². The van der Waals surface area contributed by atoms with Gasteiger partial charge in [0.1, 0.15) is 34.6 Å². The molecule has 2 amide bonds. The van der Waals surface area contributed by atoms with Gasteiger partial charge in [0, 0.05) is 23.8 Å². The van der Waals surface area contributed by atoms with Gasteiger partial charge >= 0.3 is 0 Å². The summed E-state index contributed by atoms with van der Waals surface area (Å²) in [4.78, 5) is 35.4. The number of rotatable bonds is 8. The molecule has 0 aliphatic carbocycles. The average molecular weight is 693 g/mol. The van der Waals surface area contributed by atoms with Gasteiger partial charge in [-0.2, -0.15) is 0 Å². The van der Waals surface area contributed by atoms with Crippen molar-refractivity contribution in [3.05, 3.63) is 138 Å². The van der Waals surface area contributed by atoms with E-state index in [1.807, 2.05) is 0 Å². The summed E-state index contributed by atoms with van der Waals surface area (Å²) in [5.74, 6) is -2.05. The quantitative estimate of drug-likeness (QED) is 0.0579. The summed E-state index contributed by atoms with van der Waals surface area (Å²) in [5, 5.41) is 23.4. The van der Waals surface area contributed by atoms with Crippen molar-refractivity contribution in [2.75, 3.05) is 36.0 Å². The molecule has 0 atom stereocenters. The lowest BCUT2D eigenvalue weighted by Crippen LogP contribution is -2.17. The Labute approximate surface area is 284 Å². The summed E-state index contributed by atoms with van der Waals surface area (Å²) in [5.41, 5.74) is 11.3. The van der Waals surface area contributed by atoms with Gasteiger partial charge in [-0.25, -0.2) is 8.78 Å². The Hall–Kier alpha value is -6.18. The van der Waals surface area contributed by atoms with Crippen LogP contribution in [0.3, 0.4) is 0 Å². The molecule has 0 saturated heterocycles. The summed E-state index contributed by atoms with van der Waals surface area (Å²) < 4.78 is 36.5. The van der Waals surface area contributed by atoms with E-state index >= 15 is 0 Å². The molecular formula is C35H31ClF2N4O7. The number of phenols is 2. The lowest BCUT2D eigenvalue weighted by Gasteiger charge is -2.13. The van der Waals surface area contributed by atoms with Crippen LogP contribution in [0.2, 0.25) is 0 Å². The number of aromatic hydroxyl groups is 2. The summed E-state index contributed by atoms with van der Waals surface area (Å²) in [6.07, 6.45) is 0. The highest BCUT2D eigenvalue weighted by Gasteiger charge is 2.16. The molecule has 0 aromatic heterocycles. The van der Waals surface area contributed by atoms with Crippen molar-refractivity contribution in [1.29, 1.82) is 0 Å². The second kappa shape index (κ2) is 18.2. The van der Waals surface area contributed by atoms with Crippen molar-refractivity contribution < 1.29 is 42.9 Å². The Morgan fingerprint density at radius 2 is 1.24 bits per heavy atom. The normalized spacial score (nSPS) is 9.96. The third kappa shape index (κ3) is 11.5. The number of anilines is 4. The van der Waals surface area contributed by atoms with Gasteiger partial charge in [-0.3, -0.25) is 14.4 Å². The number of halogens is 3. The highest BCUT2D eigenvalue weighted by Crippen LogP contribution is 2.27. The second-order valence-electron chi connectivity index (χ2n) is 9.77. The number of nitrogens with one attached hydrogen (secondary N) is 2. The molecule has 0 fully saturated rings. The van der Waals surface area contributed by atoms with E-state index in [2.05, 4.69) is 10.6 Å². The van der Waals surface area contributed by atoms with Crippen molar-refractivity contribution in [3.63, 3.8) is 0 Å². The maximum absolute atomic E-state index is 14.3. The minimum absolute atomic E-state index is 0.0255. The number of ether oxygens (including phenoxy) is 2. The maximum Gasteiger partial charge on any atom is 0.255 e. The zero-order chi connectivity index (χ0) is 35.9. The minimum atomic E-state index is -0.739. The number of phenolic OH excluding ortho intramolecular Hbond substituents is 2. The number of carbonyl (C=O) groups is 3. The van der Waals surface area contributed by atoms with Crippen LogP contribution in [0.15, 0.2) is 109 Å². The smallest absolute Gasteiger partial charge is 0.255 e. The lowest BCUT2D eigenvalue weighted by atomic mass is 10.1. The summed E-state index contributed by atoms with van der Waals surface area (Å²) in [6.45, 7) is 0.153. The van der Waals surface area contributed by atoms with Gasteiger partial charge in [0.05, 0.1) is 17.1 Å². The van der Waals surface area contributed by atoms with Crippen molar-refractivity contribution in [2.24, 2.45) is 0 Å². The highest BCUT2D eigenvalue weighted by atomic mass is 35.5. The van der Waals surface area contributed by atoms with Crippen molar-refractivity contribution in [2.45, 2.75) is 0 Å². The van der Waals surface area contributed by atoms with Crippen molar-refractivity contribution >= 4 is 51.4 Å². The first-order valence-corrected chi connectivity index (χ1v) is 14.5. The van der Waals surface area contributed by atoms with E-state index in [0.717, 1.165) is 6.07 Å². The number of benzene rings is 5. The van der Waals surface area contributed by atoms with Crippen LogP contribution in [-0.4, -0.2) is 41.2 Å². The van der Waals surface area contributed by atoms with E-state index in [0.29, 0.717) is 11.3 Å². The first-order chi connectivity index (χ1) is 23.4. The minimum Gasteiger partial charge on any atom is -0.508 e. The van der Waals surface area contributed by atoms with Crippen LogP contribution in [0, 0.1) is 11.6 Å².